The topological polar surface area (TPSA) is 55.8 Å². The van der Waals surface area contributed by atoms with Crippen LogP contribution in [0.25, 0.3) is 0 Å². The second-order valence-electron chi connectivity index (χ2n) is 3.37. The van der Waals surface area contributed by atoms with Crippen LogP contribution in [0.4, 0.5) is 0 Å². The molecule has 0 aliphatic heterocycles. The lowest BCUT2D eigenvalue weighted by molar-refractivity contribution is -0.138. The Kier molecular flexibility index (Phi) is 4.17. The van der Waals surface area contributed by atoms with Crippen LogP contribution in [0.15, 0.2) is 18.2 Å². The minimum atomic E-state index is -0.882. The first-order valence-corrected chi connectivity index (χ1v) is 5.14. The van der Waals surface area contributed by atoms with Gasteiger partial charge in [0.15, 0.2) is 11.5 Å². The molecular formula is C12H16O4. The van der Waals surface area contributed by atoms with Crippen molar-refractivity contribution in [3.8, 4) is 11.5 Å². The molecule has 1 aromatic carbocycles. The first kappa shape index (κ1) is 12.4. The van der Waals surface area contributed by atoms with Crippen LogP contribution in [0, 0.1) is 0 Å². The van der Waals surface area contributed by atoms with E-state index in [1.165, 1.54) is 7.11 Å². The minimum Gasteiger partial charge on any atom is -0.493 e. The molecule has 0 aliphatic carbocycles. The first-order chi connectivity index (χ1) is 7.61. The Balaban J connectivity index is 3.17. The fourth-order valence-electron chi connectivity index (χ4n) is 1.49. The molecule has 0 heterocycles. The summed E-state index contributed by atoms with van der Waals surface area (Å²) in [7, 11) is 1.51. The van der Waals surface area contributed by atoms with Crippen LogP contribution < -0.4 is 9.47 Å². The molecule has 0 radical (unpaired) electrons. The van der Waals surface area contributed by atoms with Crippen molar-refractivity contribution >= 4 is 5.97 Å². The highest BCUT2D eigenvalue weighted by molar-refractivity contribution is 5.77. The van der Waals surface area contributed by atoms with E-state index in [1.807, 2.05) is 6.92 Å². The van der Waals surface area contributed by atoms with Gasteiger partial charge < -0.3 is 14.6 Å². The molecule has 88 valence electrons. The van der Waals surface area contributed by atoms with Gasteiger partial charge in [-0.3, -0.25) is 4.79 Å². The third kappa shape index (κ3) is 2.45. The number of carboxylic acids is 1. The van der Waals surface area contributed by atoms with E-state index >= 15 is 0 Å². The number of carboxylic acid groups (broad SMARTS) is 1. The lowest BCUT2D eigenvalue weighted by Gasteiger charge is -2.15. The second kappa shape index (κ2) is 5.39. The lowest BCUT2D eigenvalue weighted by atomic mass is 10.00. The fourth-order valence-corrected chi connectivity index (χ4v) is 1.49. The van der Waals surface area contributed by atoms with Gasteiger partial charge in [0.2, 0.25) is 0 Å². The number of para-hydroxylation sites is 1. The summed E-state index contributed by atoms with van der Waals surface area (Å²) in [5.74, 6) is -0.419. The molecule has 1 atom stereocenters. The average molecular weight is 224 g/mol. The molecular weight excluding hydrogens is 208 g/mol. The van der Waals surface area contributed by atoms with Crippen LogP contribution in [0.2, 0.25) is 0 Å². The van der Waals surface area contributed by atoms with E-state index in [9.17, 15) is 4.79 Å². The summed E-state index contributed by atoms with van der Waals surface area (Å²) in [6.45, 7) is 4.00. The summed E-state index contributed by atoms with van der Waals surface area (Å²) in [6.07, 6.45) is 0. The molecule has 0 spiro atoms. The summed E-state index contributed by atoms with van der Waals surface area (Å²) < 4.78 is 10.6. The van der Waals surface area contributed by atoms with Crippen LogP contribution in [-0.4, -0.2) is 24.8 Å². The molecule has 1 unspecified atom stereocenters. The third-order valence-electron chi connectivity index (χ3n) is 2.35. The fraction of sp³-hybridized carbons (Fsp3) is 0.417. The van der Waals surface area contributed by atoms with E-state index in [2.05, 4.69) is 0 Å². The van der Waals surface area contributed by atoms with Crippen molar-refractivity contribution in [3.63, 3.8) is 0 Å². The maximum absolute atomic E-state index is 10.9. The van der Waals surface area contributed by atoms with Gasteiger partial charge in [0.25, 0.3) is 0 Å². The van der Waals surface area contributed by atoms with Crippen molar-refractivity contribution in [1.29, 1.82) is 0 Å². The van der Waals surface area contributed by atoms with E-state index in [4.69, 9.17) is 14.6 Å². The zero-order valence-corrected chi connectivity index (χ0v) is 9.69. The van der Waals surface area contributed by atoms with Crippen LogP contribution in [0.1, 0.15) is 25.3 Å². The highest BCUT2D eigenvalue weighted by Crippen LogP contribution is 2.35. The molecule has 4 nitrogen and oxygen atoms in total. The van der Waals surface area contributed by atoms with Crippen LogP contribution >= 0.6 is 0 Å². The molecule has 0 aliphatic rings. The maximum Gasteiger partial charge on any atom is 0.310 e. The standard InChI is InChI=1S/C12H16O4/c1-4-16-10-7-5-6-9(11(10)15-3)8(2)12(13)14/h5-8H,4H2,1-3H3,(H,13,14). The minimum absolute atomic E-state index is 0.499. The van der Waals surface area contributed by atoms with Gasteiger partial charge in [-0.05, 0) is 19.9 Å². The number of hydrogen-bond acceptors (Lipinski definition) is 3. The number of rotatable bonds is 5. The Morgan fingerprint density at radius 1 is 1.50 bits per heavy atom. The molecule has 16 heavy (non-hydrogen) atoms. The third-order valence-corrected chi connectivity index (χ3v) is 2.35. The molecule has 0 aromatic heterocycles. The van der Waals surface area contributed by atoms with E-state index < -0.39 is 11.9 Å². The van der Waals surface area contributed by atoms with E-state index in [0.29, 0.717) is 23.7 Å². The maximum atomic E-state index is 10.9. The number of methoxy groups -OCH3 is 1. The average Bonchev–Trinajstić information content (AvgIpc) is 2.28. The van der Waals surface area contributed by atoms with Gasteiger partial charge in [-0.1, -0.05) is 12.1 Å². The van der Waals surface area contributed by atoms with Crippen LogP contribution in [-0.2, 0) is 4.79 Å². The van der Waals surface area contributed by atoms with Crippen LogP contribution in [0.5, 0.6) is 11.5 Å². The first-order valence-electron chi connectivity index (χ1n) is 5.14. The predicted molar refractivity (Wildman–Crippen MR) is 60.2 cm³/mol. The molecule has 1 N–H and O–H groups in total. The summed E-state index contributed by atoms with van der Waals surface area (Å²) in [6, 6.07) is 5.27. The Bertz CT molecular complexity index is 373. The Labute approximate surface area is 94.8 Å². The van der Waals surface area contributed by atoms with Gasteiger partial charge in [0.05, 0.1) is 19.6 Å². The number of ether oxygens (including phenoxy) is 2. The highest BCUT2D eigenvalue weighted by atomic mass is 16.5. The quantitative estimate of drug-likeness (QED) is 0.833. The van der Waals surface area contributed by atoms with Gasteiger partial charge in [0, 0.05) is 5.56 Å². The largest absolute Gasteiger partial charge is 0.493 e. The summed E-state index contributed by atoms with van der Waals surface area (Å²) >= 11 is 0. The van der Waals surface area contributed by atoms with E-state index in [0.717, 1.165) is 0 Å². The van der Waals surface area contributed by atoms with Gasteiger partial charge in [-0.2, -0.15) is 0 Å². The van der Waals surface area contributed by atoms with Gasteiger partial charge >= 0.3 is 5.97 Å². The van der Waals surface area contributed by atoms with Crippen molar-refractivity contribution in [2.75, 3.05) is 13.7 Å². The molecule has 0 bridgehead atoms. The smallest absolute Gasteiger partial charge is 0.310 e. The van der Waals surface area contributed by atoms with Gasteiger partial charge in [-0.25, -0.2) is 0 Å². The summed E-state index contributed by atoms with van der Waals surface area (Å²) in [4.78, 5) is 10.9. The number of hydrogen-bond donors (Lipinski definition) is 1. The Morgan fingerprint density at radius 2 is 2.19 bits per heavy atom. The van der Waals surface area contributed by atoms with Crippen molar-refractivity contribution < 1.29 is 19.4 Å². The second-order valence-corrected chi connectivity index (χ2v) is 3.37. The van der Waals surface area contributed by atoms with E-state index in [1.54, 1.807) is 25.1 Å². The van der Waals surface area contributed by atoms with Crippen molar-refractivity contribution in [1.82, 2.24) is 0 Å². The summed E-state index contributed by atoms with van der Waals surface area (Å²) in [5.41, 5.74) is 0.626. The number of aliphatic carboxylic acids is 1. The molecule has 0 amide bonds. The predicted octanol–water partition coefficient (Wildman–Crippen LogP) is 2.28. The Hall–Kier alpha value is -1.71. The number of carbonyl (C=O) groups is 1. The van der Waals surface area contributed by atoms with E-state index in [-0.39, 0.29) is 0 Å². The zero-order valence-electron chi connectivity index (χ0n) is 9.69. The lowest BCUT2D eigenvalue weighted by Crippen LogP contribution is -2.09. The SMILES string of the molecule is CCOc1cccc(C(C)C(=O)O)c1OC. The molecule has 1 rings (SSSR count). The van der Waals surface area contributed by atoms with Crippen molar-refractivity contribution in [3.05, 3.63) is 23.8 Å². The molecule has 1 aromatic rings. The normalized spacial score (nSPS) is 11.9. The molecule has 0 saturated heterocycles. The van der Waals surface area contributed by atoms with Gasteiger partial charge in [0.1, 0.15) is 0 Å². The molecule has 4 heteroatoms. The van der Waals surface area contributed by atoms with Crippen LogP contribution in [0.3, 0.4) is 0 Å². The van der Waals surface area contributed by atoms with Gasteiger partial charge in [-0.15, -0.1) is 0 Å². The number of benzene rings is 1. The summed E-state index contributed by atoms with van der Waals surface area (Å²) in [5, 5.41) is 8.98. The highest BCUT2D eigenvalue weighted by Gasteiger charge is 2.20. The Morgan fingerprint density at radius 3 is 2.69 bits per heavy atom. The van der Waals surface area contributed by atoms with Crippen molar-refractivity contribution in [2.24, 2.45) is 0 Å². The van der Waals surface area contributed by atoms with Crippen molar-refractivity contribution in [2.45, 2.75) is 19.8 Å². The zero-order chi connectivity index (χ0) is 12.1. The monoisotopic (exact) mass is 224 g/mol. The molecule has 0 fully saturated rings. The molecule has 0 saturated carbocycles.